The number of aryl methyl sites for hydroxylation is 1. The van der Waals surface area contributed by atoms with Gasteiger partial charge in [-0.1, -0.05) is 12.1 Å². The number of aliphatic imine (C=N–C) groups is 1. The molecule has 26 heavy (non-hydrogen) atoms. The molecule has 0 bridgehead atoms. The van der Waals surface area contributed by atoms with Crippen LogP contribution in [0, 0.1) is 12.7 Å². The third-order valence-electron chi connectivity index (χ3n) is 3.58. The van der Waals surface area contributed by atoms with Crippen LogP contribution in [-0.2, 0) is 6.42 Å². The molecule has 0 aliphatic carbocycles. The van der Waals surface area contributed by atoms with Crippen LogP contribution in [0.1, 0.15) is 27.9 Å². The number of hydrogen-bond donors (Lipinski definition) is 3. The summed E-state index contributed by atoms with van der Waals surface area (Å²) < 4.78 is 12.9. The van der Waals surface area contributed by atoms with E-state index in [2.05, 4.69) is 25.9 Å². The molecule has 0 aliphatic rings. The molecule has 8 heteroatoms. The molecule has 0 aliphatic heterocycles. The highest BCUT2D eigenvalue weighted by Gasteiger charge is 2.10. The maximum Gasteiger partial charge on any atom is 0.263 e. The molecule has 0 fully saturated rings. The number of amides is 1. The first-order valence-corrected chi connectivity index (χ1v) is 9.43. The predicted molar refractivity (Wildman–Crippen MR) is 103 cm³/mol. The zero-order valence-corrected chi connectivity index (χ0v) is 15.8. The fraction of sp³-hybridized carbons (Fsp3) is 0.389. The van der Waals surface area contributed by atoms with Gasteiger partial charge in [-0.2, -0.15) is 0 Å². The summed E-state index contributed by atoms with van der Waals surface area (Å²) in [4.78, 5) is 21.2. The van der Waals surface area contributed by atoms with Crippen molar-refractivity contribution in [2.45, 2.75) is 20.3 Å². The van der Waals surface area contributed by atoms with Crippen LogP contribution in [0.15, 0.2) is 34.8 Å². The molecule has 0 saturated heterocycles. The number of benzene rings is 1. The van der Waals surface area contributed by atoms with Crippen molar-refractivity contribution in [2.24, 2.45) is 4.99 Å². The monoisotopic (exact) mass is 377 g/mol. The molecule has 1 aromatic carbocycles. The molecular weight excluding hydrogens is 353 g/mol. The van der Waals surface area contributed by atoms with Crippen LogP contribution in [-0.4, -0.2) is 43.0 Å². The van der Waals surface area contributed by atoms with Crippen molar-refractivity contribution >= 4 is 23.2 Å². The average molecular weight is 377 g/mol. The maximum absolute atomic E-state index is 12.9. The first-order chi connectivity index (χ1) is 12.6. The number of nitrogens with zero attached hydrogens (tertiary/aromatic N) is 2. The lowest BCUT2D eigenvalue weighted by Crippen LogP contribution is -2.41. The van der Waals surface area contributed by atoms with Gasteiger partial charge < -0.3 is 16.0 Å². The molecule has 0 unspecified atom stereocenters. The van der Waals surface area contributed by atoms with E-state index in [1.807, 2.05) is 13.8 Å². The molecule has 0 atom stereocenters. The Morgan fingerprint density at radius 3 is 2.58 bits per heavy atom. The first-order valence-electron chi connectivity index (χ1n) is 8.55. The highest BCUT2D eigenvalue weighted by atomic mass is 32.1. The van der Waals surface area contributed by atoms with Crippen LogP contribution in [0.3, 0.4) is 0 Å². The van der Waals surface area contributed by atoms with Gasteiger partial charge in [0.05, 0.1) is 11.2 Å². The summed E-state index contributed by atoms with van der Waals surface area (Å²) in [5.41, 5.74) is 3.45. The third kappa shape index (κ3) is 6.44. The van der Waals surface area contributed by atoms with E-state index in [0.29, 0.717) is 30.5 Å². The van der Waals surface area contributed by atoms with Gasteiger partial charge in [-0.25, -0.2) is 9.37 Å². The van der Waals surface area contributed by atoms with Crippen molar-refractivity contribution < 1.29 is 9.18 Å². The van der Waals surface area contributed by atoms with Gasteiger partial charge in [0.2, 0.25) is 0 Å². The molecule has 0 radical (unpaired) electrons. The van der Waals surface area contributed by atoms with Crippen molar-refractivity contribution in [3.63, 3.8) is 0 Å². The number of hydrogen-bond acceptors (Lipinski definition) is 4. The average Bonchev–Trinajstić information content (AvgIpc) is 3.06. The van der Waals surface area contributed by atoms with Gasteiger partial charge in [0.1, 0.15) is 10.7 Å². The minimum absolute atomic E-state index is 0.106. The van der Waals surface area contributed by atoms with Crippen LogP contribution < -0.4 is 16.0 Å². The van der Waals surface area contributed by atoms with E-state index in [-0.39, 0.29) is 11.7 Å². The number of rotatable bonds is 8. The summed E-state index contributed by atoms with van der Waals surface area (Å²) in [5.74, 6) is 0.353. The number of thiazole rings is 1. The Morgan fingerprint density at radius 2 is 1.92 bits per heavy atom. The fourth-order valence-corrected chi connectivity index (χ4v) is 2.97. The standard InChI is InChI=1S/C18H24FN5OS/c1-3-20-18(22-9-8-14-4-6-15(19)7-5-14)23-11-10-21-17(25)16-13(2)24-12-26-16/h4-7,12H,3,8-11H2,1-2H3,(H,21,25)(H2,20,22,23). The van der Waals surface area contributed by atoms with Crippen LogP contribution in [0.4, 0.5) is 4.39 Å². The number of nitrogens with one attached hydrogen (secondary N) is 3. The van der Waals surface area contributed by atoms with Crippen molar-refractivity contribution in [3.05, 3.63) is 51.7 Å². The molecule has 3 N–H and O–H groups in total. The zero-order valence-electron chi connectivity index (χ0n) is 15.0. The fourth-order valence-electron chi connectivity index (χ4n) is 2.25. The third-order valence-corrected chi connectivity index (χ3v) is 4.51. The number of carbonyl (C=O) groups excluding carboxylic acids is 1. The van der Waals surface area contributed by atoms with Crippen LogP contribution >= 0.6 is 11.3 Å². The topological polar surface area (TPSA) is 78.4 Å². The molecular formula is C18H24FN5OS. The Labute approximate surface area is 157 Å². The van der Waals surface area contributed by atoms with E-state index < -0.39 is 0 Å². The van der Waals surface area contributed by atoms with Crippen LogP contribution in [0.5, 0.6) is 0 Å². The van der Waals surface area contributed by atoms with Crippen LogP contribution in [0.25, 0.3) is 0 Å². The normalized spacial score (nSPS) is 11.3. The summed E-state index contributed by atoms with van der Waals surface area (Å²) in [5, 5.41) is 9.21. The molecule has 140 valence electrons. The van der Waals surface area contributed by atoms with Gasteiger partial charge in [-0.3, -0.25) is 9.79 Å². The molecule has 6 nitrogen and oxygen atoms in total. The van der Waals surface area contributed by atoms with Gasteiger partial charge in [0.15, 0.2) is 5.96 Å². The Kier molecular flexibility index (Phi) is 8.01. The summed E-state index contributed by atoms with van der Waals surface area (Å²) in [6, 6.07) is 6.44. The first kappa shape index (κ1) is 19.8. The molecule has 2 aromatic rings. The van der Waals surface area contributed by atoms with Crippen molar-refractivity contribution in [1.82, 2.24) is 20.9 Å². The van der Waals surface area contributed by atoms with Gasteiger partial charge in [0, 0.05) is 26.2 Å². The number of carbonyl (C=O) groups is 1. The SMILES string of the molecule is CCNC(=NCCc1ccc(F)cc1)NCCNC(=O)c1scnc1C. The van der Waals surface area contributed by atoms with Crippen molar-refractivity contribution in [3.8, 4) is 0 Å². The van der Waals surface area contributed by atoms with Crippen LogP contribution in [0.2, 0.25) is 0 Å². The molecule has 2 rings (SSSR count). The molecule has 1 amide bonds. The highest BCUT2D eigenvalue weighted by molar-refractivity contribution is 7.11. The smallest absolute Gasteiger partial charge is 0.263 e. The molecule has 1 aromatic heterocycles. The minimum atomic E-state index is -0.233. The summed E-state index contributed by atoms with van der Waals surface area (Å²) in [6.07, 6.45) is 0.734. The van der Waals surface area contributed by atoms with Gasteiger partial charge >= 0.3 is 0 Å². The lowest BCUT2D eigenvalue weighted by molar-refractivity contribution is 0.0957. The molecule has 0 spiro atoms. The van der Waals surface area contributed by atoms with E-state index in [1.165, 1.54) is 23.5 Å². The molecule has 1 heterocycles. The van der Waals surface area contributed by atoms with E-state index in [0.717, 1.165) is 24.2 Å². The number of aromatic nitrogens is 1. The van der Waals surface area contributed by atoms with Crippen molar-refractivity contribution in [2.75, 3.05) is 26.2 Å². The quantitative estimate of drug-likeness (QED) is 0.374. The second-order valence-electron chi connectivity index (χ2n) is 5.59. The minimum Gasteiger partial charge on any atom is -0.357 e. The van der Waals surface area contributed by atoms with E-state index >= 15 is 0 Å². The predicted octanol–water partition coefficient (Wildman–Crippen LogP) is 2.12. The van der Waals surface area contributed by atoms with E-state index in [9.17, 15) is 9.18 Å². The van der Waals surface area contributed by atoms with Crippen molar-refractivity contribution in [1.29, 1.82) is 0 Å². The van der Waals surface area contributed by atoms with Gasteiger partial charge in [-0.15, -0.1) is 11.3 Å². The molecule has 0 saturated carbocycles. The Morgan fingerprint density at radius 1 is 1.19 bits per heavy atom. The summed E-state index contributed by atoms with van der Waals surface area (Å²) in [6.45, 7) is 6.19. The summed E-state index contributed by atoms with van der Waals surface area (Å²) >= 11 is 1.34. The lowest BCUT2D eigenvalue weighted by Gasteiger charge is -2.11. The van der Waals surface area contributed by atoms with Gasteiger partial charge in [0.25, 0.3) is 5.91 Å². The maximum atomic E-state index is 12.9. The number of guanidine groups is 1. The number of halogens is 1. The lowest BCUT2D eigenvalue weighted by atomic mass is 10.1. The second-order valence-corrected chi connectivity index (χ2v) is 6.44. The second kappa shape index (κ2) is 10.5. The Bertz CT molecular complexity index is 729. The summed E-state index contributed by atoms with van der Waals surface area (Å²) in [7, 11) is 0. The van der Waals surface area contributed by atoms with Gasteiger partial charge in [-0.05, 0) is 38.0 Å². The van der Waals surface area contributed by atoms with E-state index in [1.54, 1.807) is 17.6 Å². The Balaban J connectivity index is 1.73. The zero-order chi connectivity index (χ0) is 18.8. The van der Waals surface area contributed by atoms with E-state index in [4.69, 9.17) is 0 Å². The highest BCUT2D eigenvalue weighted by Crippen LogP contribution is 2.11. The largest absolute Gasteiger partial charge is 0.357 e. The Hall–Kier alpha value is -2.48.